The Hall–Kier alpha value is -1.65. The molecule has 20 heavy (non-hydrogen) atoms. The van der Waals surface area contributed by atoms with Crippen molar-refractivity contribution in [2.24, 2.45) is 5.92 Å². The van der Waals surface area contributed by atoms with Crippen molar-refractivity contribution in [2.75, 3.05) is 11.4 Å². The number of anilines is 1. The van der Waals surface area contributed by atoms with Gasteiger partial charge in [-0.25, -0.2) is 13.6 Å². The number of carboxylic acid groups (broad SMARTS) is 1. The number of carboxylic acids is 1. The molecule has 0 spiro atoms. The van der Waals surface area contributed by atoms with Crippen molar-refractivity contribution in [1.82, 2.24) is 0 Å². The van der Waals surface area contributed by atoms with Crippen LogP contribution in [0.2, 0.25) is 0 Å². The van der Waals surface area contributed by atoms with Crippen molar-refractivity contribution in [3.8, 4) is 0 Å². The summed E-state index contributed by atoms with van der Waals surface area (Å²) in [5, 5.41) is 8.83. The molecule has 1 saturated carbocycles. The molecule has 1 aromatic rings. The van der Waals surface area contributed by atoms with Gasteiger partial charge in [0.2, 0.25) is 0 Å². The summed E-state index contributed by atoms with van der Waals surface area (Å²) in [4.78, 5) is 12.6. The molecular formula is C15H17F2NO2. The second-order valence-corrected chi connectivity index (χ2v) is 5.69. The van der Waals surface area contributed by atoms with Crippen LogP contribution in [0.15, 0.2) is 12.1 Å². The molecule has 108 valence electrons. The zero-order valence-electron chi connectivity index (χ0n) is 11.1. The van der Waals surface area contributed by atoms with Gasteiger partial charge in [0.25, 0.3) is 0 Å². The third-order valence-corrected chi connectivity index (χ3v) is 4.56. The Bertz CT molecular complexity index is 524. The van der Waals surface area contributed by atoms with Crippen LogP contribution in [0.5, 0.6) is 0 Å². The molecule has 1 aromatic carbocycles. The summed E-state index contributed by atoms with van der Waals surface area (Å²) < 4.78 is 28.3. The molecule has 3 rings (SSSR count). The van der Waals surface area contributed by atoms with Crippen molar-refractivity contribution < 1.29 is 18.7 Å². The van der Waals surface area contributed by atoms with Gasteiger partial charge in [-0.05, 0) is 37.3 Å². The number of fused-ring (bicyclic) bond motifs is 1. The number of carbonyl (C=O) groups is 1. The first-order valence-corrected chi connectivity index (χ1v) is 7.07. The van der Waals surface area contributed by atoms with Crippen LogP contribution >= 0.6 is 0 Å². The smallest absolute Gasteiger partial charge is 0.335 e. The van der Waals surface area contributed by atoms with Gasteiger partial charge in [0.1, 0.15) is 17.3 Å². The molecule has 3 nitrogen and oxygen atoms in total. The lowest BCUT2D eigenvalue weighted by atomic mass is 9.85. The third-order valence-electron chi connectivity index (χ3n) is 4.56. The van der Waals surface area contributed by atoms with Gasteiger partial charge in [-0.3, -0.25) is 0 Å². The molecule has 0 radical (unpaired) electrons. The van der Waals surface area contributed by atoms with Gasteiger partial charge in [0.05, 0.1) is 5.56 Å². The van der Waals surface area contributed by atoms with Crippen molar-refractivity contribution in [3.05, 3.63) is 29.3 Å². The van der Waals surface area contributed by atoms with Crippen molar-refractivity contribution in [1.29, 1.82) is 0 Å². The number of halogens is 2. The maximum atomic E-state index is 14.1. The van der Waals surface area contributed by atoms with E-state index in [2.05, 4.69) is 0 Å². The molecule has 2 atom stereocenters. The summed E-state index contributed by atoms with van der Waals surface area (Å²) >= 11 is 0. The van der Waals surface area contributed by atoms with Gasteiger partial charge in [-0.2, -0.15) is 0 Å². The van der Waals surface area contributed by atoms with E-state index in [9.17, 15) is 13.6 Å². The second-order valence-electron chi connectivity index (χ2n) is 5.69. The minimum absolute atomic E-state index is 0.0515. The molecule has 0 bridgehead atoms. The minimum Gasteiger partial charge on any atom is -0.478 e. The monoisotopic (exact) mass is 281 g/mol. The van der Waals surface area contributed by atoms with E-state index in [1.54, 1.807) is 4.90 Å². The van der Waals surface area contributed by atoms with Gasteiger partial charge >= 0.3 is 5.97 Å². The molecule has 1 N–H and O–H groups in total. The van der Waals surface area contributed by atoms with Crippen LogP contribution in [0, 0.1) is 17.6 Å². The fourth-order valence-corrected chi connectivity index (χ4v) is 3.65. The average molecular weight is 281 g/mol. The largest absolute Gasteiger partial charge is 0.478 e. The molecule has 1 heterocycles. The van der Waals surface area contributed by atoms with E-state index in [1.165, 1.54) is 6.42 Å². The highest BCUT2D eigenvalue weighted by atomic mass is 19.1. The van der Waals surface area contributed by atoms with Crippen LogP contribution in [-0.4, -0.2) is 23.7 Å². The first kappa shape index (κ1) is 13.3. The minimum atomic E-state index is -1.31. The first-order valence-electron chi connectivity index (χ1n) is 7.07. The predicted molar refractivity (Wildman–Crippen MR) is 71.0 cm³/mol. The first-order chi connectivity index (χ1) is 9.58. The van der Waals surface area contributed by atoms with Crippen molar-refractivity contribution in [2.45, 2.75) is 38.1 Å². The van der Waals surface area contributed by atoms with E-state index in [0.717, 1.165) is 37.8 Å². The summed E-state index contributed by atoms with van der Waals surface area (Å²) in [7, 11) is 0. The lowest BCUT2D eigenvalue weighted by Gasteiger charge is -2.33. The lowest BCUT2D eigenvalue weighted by Crippen LogP contribution is -2.36. The third kappa shape index (κ3) is 2.15. The topological polar surface area (TPSA) is 40.5 Å². The summed E-state index contributed by atoms with van der Waals surface area (Å²) in [5.41, 5.74) is -0.396. The van der Waals surface area contributed by atoms with E-state index in [-0.39, 0.29) is 17.3 Å². The van der Waals surface area contributed by atoms with Gasteiger partial charge in [0, 0.05) is 12.6 Å². The molecular weight excluding hydrogens is 264 g/mol. The number of nitrogens with zero attached hydrogens (tertiary/aromatic N) is 1. The number of hydrogen-bond donors (Lipinski definition) is 1. The molecule has 2 fully saturated rings. The maximum absolute atomic E-state index is 14.1. The van der Waals surface area contributed by atoms with Crippen LogP contribution in [0.25, 0.3) is 0 Å². The standard InChI is InChI=1S/C15H17F2NO2/c16-11-7-10(15(19)20)8-12(17)14(11)18-6-5-9-3-1-2-4-13(9)18/h7-9,13H,1-6H2,(H,19,20). The highest BCUT2D eigenvalue weighted by molar-refractivity contribution is 5.88. The van der Waals surface area contributed by atoms with Gasteiger partial charge in [0.15, 0.2) is 0 Å². The molecule has 2 aliphatic rings. The maximum Gasteiger partial charge on any atom is 0.335 e. The van der Waals surface area contributed by atoms with E-state index >= 15 is 0 Å². The van der Waals surface area contributed by atoms with E-state index in [4.69, 9.17) is 5.11 Å². The van der Waals surface area contributed by atoms with Gasteiger partial charge < -0.3 is 10.0 Å². The van der Waals surface area contributed by atoms with Crippen LogP contribution in [0.1, 0.15) is 42.5 Å². The summed E-state index contributed by atoms with van der Waals surface area (Å²) in [5.74, 6) is -2.34. The van der Waals surface area contributed by atoms with Crippen molar-refractivity contribution >= 4 is 11.7 Å². The SMILES string of the molecule is O=C(O)c1cc(F)c(N2CCC3CCCCC32)c(F)c1. The molecule has 0 amide bonds. The second kappa shape index (κ2) is 5.04. The highest BCUT2D eigenvalue weighted by Gasteiger charge is 2.38. The zero-order valence-corrected chi connectivity index (χ0v) is 11.1. The number of rotatable bonds is 2. The number of hydrogen-bond acceptors (Lipinski definition) is 2. The zero-order chi connectivity index (χ0) is 14.3. The molecule has 1 aliphatic heterocycles. The Balaban J connectivity index is 1.96. The van der Waals surface area contributed by atoms with Crippen LogP contribution in [0.3, 0.4) is 0 Å². The molecule has 1 saturated heterocycles. The number of benzene rings is 1. The quantitative estimate of drug-likeness (QED) is 0.902. The lowest BCUT2D eigenvalue weighted by molar-refractivity contribution is 0.0695. The van der Waals surface area contributed by atoms with E-state index in [0.29, 0.717) is 12.5 Å². The summed E-state index contributed by atoms with van der Waals surface area (Å²) in [6.07, 6.45) is 5.33. The Kier molecular flexibility index (Phi) is 3.36. The fraction of sp³-hybridized carbons (Fsp3) is 0.533. The van der Waals surface area contributed by atoms with Crippen LogP contribution < -0.4 is 4.90 Å². The van der Waals surface area contributed by atoms with Crippen LogP contribution in [-0.2, 0) is 0 Å². The molecule has 1 aliphatic carbocycles. The van der Waals surface area contributed by atoms with E-state index in [1.807, 2.05) is 0 Å². The average Bonchev–Trinajstić information content (AvgIpc) is 2.82. The summed E-state index contributed by atoms with van der Waals surface area (Å²) in [6.45, 7) is 0.648. The normalized spacial score (nSPS) is 25.6. The fourth-order valence-electron chi connectivity index (χ4n) is 3.65. The van der Waals surface area contributed by atoms with Crippen molar-refractivity contribution in [3.63, 3.8) is 0 Å². The van der Waals surface area contributed by atoms with E-state index < -0.39 is 17.6 Å². The predicted octanol–water partition coefficient (Wildman–Crippen LogP) is 3.43. The number of aromatic carboxylic acids is 1. The Morgan fingerprint density at radius 1 is 1.15 bits per heavy atom. The van der Waals surface area contributed by atoms with Gasteiger partial charge in [-0.1, -0.05) is 12.8 Å². The Morgan fingerprint density at radius 2 is 1.80 bits per heavy atom. The summed E-state index contributed by atoms with van der Waals surface area (Å²) in [6, 6.07) is 2.02. The molecule has 2 unspecified atom stereocenters. The van der Waals surface area contributed by atoms with Crippen LogP contribution in [0.4, 0.5) is 14.5 Å². The Morgan fingerprint density at radius 3 is 2.45 bits per heavy atom. The Labute approximate surface area is 116 Å². The van der Waals surface area contributed by atoms with Gasteiger partial charge in [-0.15, -0.1) is 0 Å². The molecule has 5 heteroatoms. The molecule has 0 aromatic heterocycles. The highest BCUT2D eigenvalue weighted by Crippen LogP contribution is 2.40.